The van der Waals surface area contributed by atoms with E-state index < -0.39 is 140 Å². The minimum atomic E-state index is -4.52. The van der Waals surface area contributed by atoms with Crippen LogP contribution in [0, 0.1) is 0 Å². The van der Waals surface area contributed by atoms with Crippen molar-refractivity contribution in [3.63, 3.8) is 0 Å². The highest BCUT2D eigenvalue weighted by Gasteiger charge is 2.51. The topological polar surface area (TPSA) is 605 Å². The lowest BCUT2D eigenvalue weighted by Crippen LogP contribution is -2.32. The van der Waals surface area contributed by atoms with E-state index in [1.807, 2.05) is 126 Å². The van der Waals surface area contributed by atoms with Crippen LogP contribution in [0.2, 0.25) is 0 Å². The van der Waals surface area contributed by atoms with Crippen molar-refractivity contribution in [2.45, 2.75) is 188 Å². The molecule has 0 aromatic heterocycles. The predicted molar refractivity (Wildman–Crippen MR) is 482 cm³/mol. The Hall–Kier alpha value is -12.0. The van der Waals surface area contributed by atoms with Gasteiger partial charge in [0.25, 0.3) is 32.1 Å². The number of carboxylic acid groups (broad SMARTS) is 3. The number of aromatic carboxylic acids is 2. The predicted octanol–water partition coefficient (Wildman–Crippen LogP) is 10.2. The number of hydrogen-bond acceptors (Lipinski definition) is 28. The van der Waals surface area contributed by atoms with E-state index in [1.165, 1.54) is 12.1 Å². The van der Waals surface area contributed by atoms with Crippen molar-refractivity contribution in [3.05, 3.63) is 183 Å². The molecule has 5 aromatic rings. The number of rotatable bonds is 39. The Kier molecular flexibility index (Phi) is 46.4. The number of halogens is 1. The maximum absolute atomic E-state index is 13.8. The van der Waals surface area contributed by atoms with Gasteiger partial charge in [-0.25, -0.2) is 26.4 Å². The molecule has 0 bridgehead atoms. The monoisotopic (exact) mass is 1960 g/mol. The number of carboxylic acids is 3. The van der Waals surface area contributed by atoms with E-state index in [-0.39, 0.29) is 90.0 Å². The Morgan fingerprint density at radius 2 is 0.955 bits per heavy atom. The van der Waals surface area contributed by atoms with Crippen LogP contribution in [0.15, 0.2) is 127 Å². The van der Waals surface area contributed by atoms with E-state index in [9.17, 15) is 95.5 Å². The molecule has 726 valence electrons. The first-order chi connectivity index (χ1) is 62.4. The van der Waals surface area contributed by atoms with Gasteiger partial charge in [-0.2, -0.15) is 59.3 Å². The molecule has 0 saturated carbocycles. The Morgan fingerprint density at radius 3 is 1.40 bits per heavy atom. The molecule has 5 aromatic carbocycles. The van der Waals surface area contributed by atoms with Crippen LogP contribution in [0.3, 0.4) is 0 Å². The zero-order valence-corrected chi connectivity index (χ0v) is 79.7. The summed E-state index contributed by atoms with van der Waals surface area (Å²) in [6, 6.07) is 26.1. The summed E-state index contributed by atoms with van der Waals surface area (Å²) in [6.07, 6.45) is 17.3. The summed E-state index contributed by atoms with van der Waals surface area (Å²) < 4.78 is 178. The number of carbonyl (C=O) groups is 7. The maximum Gasteiger partial charge on any atom is 0.425 e. The molecule has 44 heteroatoms. The Labute approximate surface area is 774 Å². The number of ketones is 2. The minimum absolute atomic E-state index is 0.0203. The zero-order chi connectivity index (χ0) is 102. The Balaban J connectivity index is 0.000000672. The third kappa shape index (κ3) is 34.8. The molecule has 0 spiro atoms. The number of amides is 2. The summed E-state index contributed by atoms with van der Waals surface area (Å²) in [6.45, 7) is 24.3. The van der Waals surface area contributed by atoms with Crippen LogP contribution in [0.25, 0.3) is 0 Å². The van der Waals surface area contributed by atoms with Crippen molar-refractivity contribution >= 4 is 156 Å². The summed E-state index contributed by atoms with van der Waals surface area (Å²) in [4.78, 5) is 139. The highest BCUT2D eigenvalue weighted by molar-refractivity contribution is 7.86. The quantitative estimate of drug-likeness (QED) is 0.00784. The van der Waals surface area contributed by atoms with Crippen LogP contribution in [-0.4, -0.2) is 240 Å². The number of nitrogens with zero attached hydrogens (tertiary/aromatic N) is 4. The fourth-order valence-electron chi connectivity index (χ4n) is 15.7. The fraction of sp³-hybridized carbons (Fsp3) is 0.449. The molecule has 0 radical (unpaired) electrons. The second kappa shape index (κ2) is 53.6. The lowest BCUT2D eigenvalue weighted by Gasteiger charge is -2.27. The van der Waals surface area contributed by atoms with Crippen molar-refractivity contribution in [1.82, 2.24) is 10.6 Å². The molecule has 38 nitrogen and oxygen atoms in total. The van der Waals surface area contributed by atoms with Crippen molar-refractivity contribution in [3.8, 4) is 0 Å². The van der Waals surface area contributed by atoms with Crippen LogP contribution < -0.4 is 20.9 Å². The van der Waals surface area contributed by atoms with Crippen LogP contribution >= 0.6 is 0 Å². The molecule has 0 atom stereocenters. The van der Waals surface area contributed by atoms with Gasteiger partial charge in [0.15, 0.2) is 28.7 Å². The van der Waals surface area contributed by atoms with Gasteiger partial charge in [-0.05, 0) is 116 Å². The summed E-state index contributed by atoms with van der Waals surface area (Å²) in [5, 5.41) is 36.8. The number of hydrogen-bond donors (Lipinski definition) is 8. The number of fused-ring (bicyclic) bond motifs is 4. The molecular formula is C89H113FN7O31S5+. The van der Waals surface area contributed by atoms with Gasteiger partial charge in [0, 0.05) is 163 Å². The maximum atomic E-state index is 13.8. The van der Waals surface area contributed by atoms with Crippen molar-refractivity contribution in [2.75, 3.05) is 79.7 Å². The van der Waals surface area contributed by atoms with Crippen LogP contribution in [-0.2, 0) is 106 Å². The van der Waals surface area contributed by atoms with Gasteiger partial charge in [-0.15, -0.1) is 12.6 Å². The molecule has 133 heavy (non-hydrogen) atoms. The normalized spacial score (nSPS) is 14.6. The molecule has 0 fully saturated rings. The molecule has 4 aliphatic rings. The van der Waals surface area contributed by atoms with E-state index in [4.69, 9.17) is 52.4 Å². The molecule has 0 unspecified atom stereocenters. The van der Waals surface area contributed by atoms with E-state index in [0.29, 0.717) is 95.1 Å². The minimum Gasteiger partial charge on any atom is -0.748 e. The van der Waals surface area contributed by atoms with E-state index >= 15 is 0 Å². The van der Waals surface area contributed by atoms with Crippen LogP contribution in [0.5, 0.6) is 0 Å². The van der Waals surface area contributed by atoms with Crippen molar-refractivity contribution < 1.29 is 162 Å². The number of Topliss-reactive ketones (excluding diaryl/α,β-unsaturated/α-hetero) is 2. The number of anilines is 2. The number of nitrogens with one attached hydrogen (secondary N) is 3. The molecule has 0 saturated heterocycles. The number of allylic oxidation sites excluding steroid dienone is 5. The van der Waals surface area contributed by atoms with Crippen LogP contribution in [0.1, 0.15) is 252 Å². The number of carbonyl (C=O) groups excluding carboxylic acids is 10. The van der Waals surface area contributed by atoms with Crippen molar-refractivity contribution in [2.24, 2.45) is 0 Å². The van der Waals surface area contributed by atoms with E-state index in [2.05, 4.69) is 48.2 Å². The average Bonchev–Trinajstić information content (AvgIpc) is 1.66. The van der Waals surface area contributed by atoms with E-state index in [0.717, 1.165) is 66.9 Å². The van der Waals surface area contributed by atoms with Gasteiger partial charge in [-0.3, -0.25) is 37.5 Å². The largest absolute Gasteiger partial charge is 0.748 e. The van der Waals surface area contributed by atoms with E-state index in [1.54, 1.807) is 53.3 Å². The average molecular weight is 1960 g/mol. The second-order valence-electron chi connectivity index (χ2n) is 32.1. The zero-order valence-electron chi connectivity index (χ0n) is 76.6. The third-order valence-corrected chi connectivity index (χ3v) is 24.6. The molecule has 9 rings (SSSR count). The first-order valence-electron chi connectivity index (χ1n) is 42.0. The highest BCUT2D eigenvalue weighted by atomic mass is 32.2. The van der Waals surface area contributed by atoms with Gasteiger partial charge in [0.05, 0.1) is 84.3 Å². The molecule has 0 aliphatic carbocycles. The number of para-hydroxylation sites is 1. The number of aliphatic carboxylic acids is 1. The van der Waals surface area contributed by atoms with Gasteiger partial charge >= 0.3 is 47.0 Å². The number of unbranched alkanes of at least 4 members (excludes halogenated alkanes) is 4. The van der Waals surface area contributed by atoms with Crippen molar-refractivity contribution in [1.29, 1.82) is 0 Å². The molecule has 4 heterocycles. The molecule has 2 amide bonds. The highest BCUT2D eigenvalue weighted by Crippen LogP contribution is 2.51. The van der Waals surface area contributed by atoms with Crippen LogP contribution in [0.4, 0.5) is 32.8 Å². The lowest BCUT2D eigenvalue weighted by atomic mass is 9.77. The smallest absolute Gasteiger partial charge is 0.425 e. The molecular weight excluding hydrogens is 1840 g/mol. The molecule has 8 N–H and O–H groups in total. The standard InChI is InChI=1S/C38H50N4O13S3.C25H35NO4.C22H24N2O5S.CH3F.3CO2.O3S/c1-6-7-8-18-42-29-24-25(34(43)39-16-21-57(50,51)52)23-27(35(44)40-17-22-58(53,54)55)33(29)38(4,5)31(42)15-10-14-30-37(2,3)32-26(36(45)46)12-9-13-28(32)41(30)19-11-20-56(47,48)49;1-6-8-12-21(27)18-15-19(22(28)11-7-2)24-20(16-18)26(17(3)25(24,4)5)14-10-9-13-23(29)30;1-22(2)19(12-13-23-16-8-4-3-5-9-16)24(14-7-15-30(27,28)29)18-11-6-10-17(20(18)22)21(25)26;1-2;3*2-1-3;1-4(2)3/h9-10,12-15,23-24H,6-8,11,16-22H2,1-5H3,(H5-,39,40,43,44,45,46,47,48,49,50,51,52,53,54,55);15-16H,6-14H2,1-5H3;3-6,8-13H,7,14-15H2,1-2H3,(H2,25,26,27,28,29);1H3;;;;/p+1/i;;;1D;;;;. The first-order valence-corrected chi connectivity index (χ1v) is 48.7. The SMILES string of the molecule is CC1(C)C(/C=C/Nc2ccccc2)=[N+](CCCS(=O)(=O)[O-])c2cccc(C(=O)O)c21.CCCCC(=O)c1cc(C(=O)CCC)c2c(c1)[N+](CCCCC(=O)O)=C(C)C2(C)C.CCCCCN1/C(=C/C=C/C2=[N+](CCCS(=O)(=O)[O-])c3cccc(C(=O)O)c3C2(C)C)C(C)(C)c2c(C(=O)NCCS(=O)(=O)O)cc(C(=O)NCCS(=O)(=O)O)cc21.O=C=O.O=C=O.O=C=O.O=S(=O)=O.[2H]CF. The number of alkyl halides is 1. The third-order valence-electron chi connectivity index (χ3n) is 21.5. The second-order valence-corrected chi connectivity index (χ2v) is 38.7. The lowest BCUT2D eigenvalue weighted by molar-refractivity contribution is -0.439. The fourth-order valence-corrected chi connectivity index (χ4v) is 17.4. The first kappa shape index (κ1) is 115. The Morgan fingerprint density at radius 1 is 0.504 bits per heavy atom. The van der Waals surface area contributed by atoms with Gasteiger partial charge in [0.1, 0.15) is 19.6 Å². The summed E-state index contributed by atoms with van der Waals surface area (Å²) in [5.41, 5.74) is 8.33. The van der Waals surface area contributed by atoms with Gasteiger partial charge in [0.2, 0.25) is 17.1 Å². The summed E-state index contributed by atoms with van der Waals surface area (Å²) in [5.74, 6) is -6.87. The molecule has 4 aliphatic heterocycles. The summed E-state index contributed by atoms with van der Waals surface area (Å²) >= 11 is 0. The van der Waals surface area contributed by atoms with Gasteiger partial charge in [-0.1, -0.05) is 90.3 Å². The summed E-state index contributed by atoms with van der Waals surface area (Å²) in [7, 11) is -21.8. The number of benzene rings is 5. The van der Waals surface area contributed by atoms with Gasteiger partial charge < -0.3 is 45.3 Å². The Bertz CT molecular complexity index is 5980.